The second kappa shape index (κ2) is 5.65. The Morgan fingerprint density at radius 1 is 1.75 bits per heavy atom. The zero-order valence-electron chi connectivity index (χ0n) is 9.36. The number of aliphatic carboxylic acids is 1. The number of methoxy groups -OCH3 is 1. The number of ether oxygens (including phenoxy) is 1. The van der Waals surface area contributed by atoms with E-state index < -0.39 is 12.0 Å². The predicted octanol–water partition coefficient (Wildman–Crippen LogP) is 2.42. The van der Waals surface area contributed by atoms with E-state index in [9.17, 15) is 4.79 Å². The van der Waals surface area contributed by atoms with E-state index in [-0.39, 0.29) is 0 Å². The first-order valence-corrected chi connectivity index (χ1v) is 6.32. The molecule has 1 N–H and O–H groups in total. The maximum atomic E-state index is 10.8. The second-order valence-corrected chi connectivity index (χ2v) is 5.44. The van der Waals surface area contributed by atoms with Crippen molar-refractivity contribution in [1.29, 1.82) is 0 Å². The van der Waals surface area contributed by atoms with E-state index in [4.69, 9.17) is 9.84 Å². The quantitative estimate of drug-likeness (QED) is 0.907. The molecule has 0 aromatic carbocycles. The molecule has 1 rings (SSSR count). The Bertz CT molecular complexity index is 380. The zero-order chi connectivity index (χ0) is 12.3. The zero-order valence-corrected chi connectivity index (χ0v) is 11.8. The lowest BCUT2D eigenvalue weighted by molar-refractivity contribution is -0.142. The third kappa shape index (κ3) is 3.20. The van der Waals surface area contributed by atoms with E-state index in [1.54, 1.807) is 26.0 Å². The molecule has 0 radical (unpaired) electrons. The topological polar surface area (TPSA) is 49.8 Å². The summed E-state index contributed by atoms with van der Waals surface area (Å²) in [5.41, 5.74) is 0. The van der Waals surface area contributed by atoms with Crippen LogP contribution in [0.4, 0.5) is 0 Å². The number of thiophene rings is 1. The summed E-state index contributed by atoms with van der Waals surface area (Å²) in [6.45, 7) is 2.27. The highest BCUT2D eigenvalue weighted by Gasteiger charge is 2.18. The van der Waals surface area contributed by atoms with E-state index in [2.05, 4.69) is 15.9 Å². The van der Waals surface area contributed by atoms with Gasteiger partial charge < -0.3 is 9.84 Å². The molecule has 0 saturated heterocycles. The fourth-order valence-corrected chi connectivity index (χ4v) is 2.94. The van der Waals surface area contributed by atoms with Crippen LogP contribution in [0.3, 0.4) is 0 Å². The Morgan fingerprint density at radius 2 is 2.38 bits per heavy atom. The molecule has 0 saturated carbocycles. The van der Waals surface area contributed by atoms with Gasteiger partial charge in [-0.25, -0.2) is 0 Å². The smallest absolute Gasteiger partial charge is 0.320 e. The lowest BCUT2D eigenvalue weighted by Gasteiger charge is -2.19. The largest absolute Gasteiger partial charge is 0.486 e. The van der Waals surface area contributed by atoms with Crippen LogP contribution in [0.25, 0.3) is 0 Å². The van der Waals surface area contributed by atoms with Crippen molar-refractivity contribution in [2.24, 2.45) is 0 Å². The molecule has 1 aromatic heterocycles. The van der Waals surface area contributed by atoms with Crippen LogP contribution in [-0.2, 0) is 11.3 Å². The van der Waals surface area contributed by atoms with E-state index in [0.29, 0.717) is 6.54 Å². The van der Waals surface area contributed by atoms with Gasteiger partial charge in [-0.05, 0) is 36.0 Å². The van der Waals surface area contributed by atoms with Crippen molar-refractivity contribution in [2.45, 2.75) is 19.5 Å². The van der Waals surface area contributed by atoms with Crippen LogP contribution in [0.5, 0.6) is 5.06 Å². The van der Waals surface area contributed by atoms with Gasteiger partial charge in [-0.2, -0.15) is 0 Å². The summed E-state index contributed by atoms with van der Waals surface area (Å²) in [4.78, 5) is 13.6. The van der Waals surface area contributed by atoms with Crippen molar-refractivity contribution >= 4 is 33.2 Å². The molecule has 0 spiro atoms. The molecule has 0 fully saturated rings. The molecule has 0 aliphatic heterocycles. The number of carboxylic acid groups (broad SMARTS) is 1. The van der Waals surface area contributed by atoms with Crippen LogP contribution in [0.15, 0.2) is 10.5 Å². The molecule has 0 aliphatic rings. The van der Waals surface area contributed by atoms with Crippen LogP contribution >= 0.6 is 27.3 Å². The maximum Gasteiger partial charge on any atom is 0.320 e. The number of carbonyl (C=O) groups is 1. The third-order valence-electron chi connectivity index (χ3n) is 2.32. The number of rotatable bonds is 5. The summed E-state index contributed by atoms with van der Waals surface area (Å²) in [5, 5.41) is 9.68. The Balaban J connectivity index is 2.69. The summed E-state index contributed by atoms with van der Waals surface area (Å²) < 4.78 is 6.06. The summed E-state index contributed by atoms with van der Waals surface area (Å²) in [5.74, 6) is -0.815. The summed E-state index contributed by atoms with van der Waals surface area (Å²) >= 11 is 4.90. The molecule has 1 aromatic rings. The molecule has 0 amide bonds. The Labute approximate surface area is 107 Å². The van der Waals surface area contributed by atoms with Gasteiger partial charge in [0.05, 0.1) is 11.6 Å². The van der Waals surface area contributed by atoms with E-state index in [0.717, 1.165) is 14.4 Å². The molecular weight excluding hydrogens is 294 g/mol. The summed E-state index contributed by atoms with van der Waals surface area (Å²) in [6.07, 6.45) is 0. The molecule has 4 nitrogen and oxygen atoms in total. The van der Waals surface area contributed by atoms with Crippen LogP contribution in [0.2, 0.25) is 0 Å². The minimum atomic E-state index is -0.815. The molecule has 0 aliphatic carbocycles. The Kier molecular flexibility index (Phi) is 4.76. The van der Waals surface area contributed by atoms with Gasteiger partial charge in [-0.15, -0.1) is 11.3 Å². The minimum Gasteiger partial charge on any atom is -0.486 e. The highest BCUT2D eigenvalue weighted by atomic mass is 79.9. The van der Waals surface area contributed by atoms with Gasteiger partial charge in [-0.3, -0.25) is 9.69 Å². The van der Waals surface area contributed by atoms with Gasteiger partial charge in [-0.1, -0.05) is 0 Å². The molecule has 0 bridgehead atoms. The van der Waals surface area contributed by atoms with Gasteiger partial charge in [0.15, 0.2) is 5.06 Å². The summed E-state index contributed by atoms with van der Waals surface area (Å²) in [6, 6.07) is 1.46. The minimum absolute atomic E-state index is 0.494. The van der Waals surface area contributed by atoms with Gasteiger partial charge in [0.1, 0.15) is 6.04 Å². The van der Waals surface area contributed by atoms with Crippen molar-refractivity contribution in [3.8, 4) is 5.06 Å². The second-order valence-electron chi connectivity index (χ2n) is 3.48. The number of nitrogens with zero attached hydrogens (tertiary/aromatic N) is 1. The van der Waals surface area contributed by atoms with Crippen LogP contribution in [-0.4, -0.2) is 36.2 Å². The molecule has 1 unspecified atom stereocenters. The van der Waals surface area contributed by atoms with E-state index in [1.165, 1.54) is 11.3 Å². The number of likely N-dealkylation sites (N-methyl/N-ethyl adjacent to an activating group) is 1. The highest BCUT2D eigenvalue weighted by Crippen LogP contribution is 2.35. The number of hydrogen-bond acceptors (Lipinski definition) is 4. The lowest BCUT2D eigenvalue weighted by Crippen LogP contribution is -2.34. The highest BCUT2D eigenvalue weighted by molar-refractivity contribution is 9.10. The first-order valence-electron chi connectivity index (χ1n) is 4.71. The fourth-order valence-electron chi connectivity index (χ4n) is 1.19. The van der Waals surface area contributed by atoms with E-state index in [1.807, 2.05) is 6.07 Å². The maximum absolute atomic E-state index is 10.8. The van der Waals surface area contributed by atoms with Gasteiger partial charge in [0.2, 0.25) is 0 Å². The Morgan fingerprint density at radius 3 is 2.81 bits per heavy atom. The standard InChI is InChI=1S/C10H14BrNO3S/c1-6(9(13)14)12(2)5-7-4-8(11)10(15-3)16-7/h4,6H,5H2,1-3H3,(H,13,14). The SMILES string of the molecule is COc1sc(CN(C)C(C)C(=O)O)cc1Br. The monoisotopic (exact) mass is 307 g/mol. The average Bonchev–Trinajstić information content (AvgIpc) is 2.57. The van der Waals surface area contributed by atoms with Crippen molar-refractivity contribution in [3.63, 3.8) is 0 Å². The average molecular weight is 308 g/mol. The molecule has 16 heavy (non-hydrogen) atoms. The first kappa shape index (κ1) is 13.5. The third-order valence-corrected chi connectivity index (χ3v) is 4.25. The van der Waals surface area contributed by atoms with Crippen molar-refractivity contribution in [3.05, 3.63) is 15.4 Å². The van der Waals surface area contributed by atoms with Crippen LogP contribution < -0.4 is 4.74 Å². The number of halogens is 1. The van der Waals surface area contributed by atoms with Crippen molar-refractivity contribution in [2.75, 3.05) is 14.2 Å². The van der Waals surface area contributed by atoms with Gasteiger partial charge in [0.25, 0.3) is 0 Å². The molecule has 1 heterocycles. The predicted molar refractivity (Wildman–Crippen MR) is 67.1 cm³/mol. The van der Waals surface area contributed by atoms with Crippen LogP contribution in [0.1, 0.15) is 11.8 Å². The number of carboxylic acids is 1. The van der Waals surface area contributed by atoms with E-state index >= 15 is 0 Å². The Hall–Kier alpha value is -0.590. The molecule has 1 atom stereocenters. The van der Waals surface area contributed by atoms with Gasteiger partial charge >= 0.3 is 5.97 Å². The molecular formula is C10H14BrNO3S. The van der Waals surface area contributed by atoms with Crippen molar-refractivity contribution < 1.29 is 14.6 Å². The lowest BCUT2D eigenvalue weighted by atomic mass is 10.3. The number of hydrogen-bond donors (Lipinski definition) is 1. The molecule has 90 valence electrons. The molecule has 6 heteroatoms. The van der Waals surface area contributed by atoms with Gasteiger partial charge in [0, 0.05) is 11.4 Å². The first-order chi connectivity index (χ1) is 7.45. The normalized spacial score (nSPS) is 12.8. The van der Waals surface area contributed by atoms with Crippen molar-refractivity contribution in [1.82, 2.24) is 4.90 Å². The van der Waals surface area contributed by atoms with Crippen LogP contribution in [0, 0.1) is 0 Å². The fraction of sp³-hybridized carbons (Fsp3) is 0.500. The summed E-state index contributed by atoms with van der Waals surface area (Å²) in [7, 11) is 3.41.